The Labute approximate surface area is 294 Å². The number of amides is 1. The lowest BCUT2D eigenvalue weighted by atomic mass is 9.74. The quantitative estimate of drug-likeness (QED) is 0.111. The molecule has 8 atom stereocenters. The molecule has 0 aromatic heterocycles. The van der Waals surface area contributed by atoms with Gasteiger partial charge in [-0.3, -0.25) is 14.4 Å². The van der Waals surface area contributed by atoms with E-state index in [1.54, 1.807) is 0 Å². The van der Waals surface area contributed by atoms with E-state index >= 15 is 0 Å². The summed E-state index contributed by atoms with van der Waals surface area (Å²) in [6.07, 6.45) is -9.95. The third-order valence-corrected chi connectivity index (χ3v) is 9.64. The first-order valence-corrected chi connectivity index (χ1v) is 15.9. The zero-order valence-corrected chi connectivity index (χ0v) is 28.1. The molecule has 0 radical (unpaired) electrons. The van der Waals surface area contributed by atoms with E-state index in [-0.39, 0.29) is 44.7 Å². The number of aliphatic hydroxyl groups excluding tert-OH is 4. The Balaban J connectivity index is 1.58. The number of rotatable bonds is 7. The van der Waals surface area contributed by atoms with Crippen molar-refractivity contribution in [1.29, 1.82) is 0 Å². The van der Waals surface area contributed by atoms with Gasteiger partial charge in [0.15, 0.2) is 17.9 Å². The summed E-state index contributed by atoms with van der Waals surface area (Å²) in [7, 11) is 2.39. The van der Waals surface area contributed by atoms with Crippen LogP contribution in [0.2, 0.25) is 0 Å². The fraction of sp³-hybridized carbons (Fsp3) is 0.371. The van der Waals surface area contributed by atoms with Crippen LogP contribution in [0.4, 0.5) is 0 Å². The number of aliphatic hydroxyl groups is 4. The smallest absolute Gasteiger partial charge is 0.328 e. The number of ketones is 2. The van der Waals surface area contributed by atoms with Gasteiger partial charge in [0, 0.05) is 28.3 Å². The summed E-state index contributed by atoms with van der Waals surface area (Å²) >= 11 is 0. The summed E-state index contributed by atoms with van der Waals surface area (Å²) in [5.74, 6) is -5.79. The monoisotopic (exact) mass is 724 g/mol. The van der Waals surface area contributed by atoms with Gasteiger partial charge in [-0.05, 0) is 42.7 Å². The van der Waals surface area contributed by atoms with Crippen LogP contribution in [-0.2, 0) is 19.0 Å². The van der Waals surface area contributed by atoms with Crippen LogP contribution in [0.1, 0.15) is 78.0 Å². The van der Waals surface area contributed by atoms with E-state index in [4.69, 9.17) is 19.9 Å². The Morgan fingerprint density at radius 1 is 0.904 bits per heavy atom. The number of phenolic OH excluding ortho intramolecular Hbond substituents is 3. The van der Waals surface area contributed by atoms with E-state index in [9.17, 15) is 54.9 Å². The largest absolute Gasteiger partial charge is 0.507 e. The first-order chi connectivity index (χ1) is 24.6. The van der Waals surface area contributed by atoms with Gasteiger partial charge >= 0.3 is 5.97 Å². The molecule has 3 aromatic rings. The minimum absolute atomic E-state index is 0.0330. The number of ether oxygens (including phenoxy) is 4. The van der Waals surface area contributed by atoms with E-state index in [0.717, 1.165) is 19.2 Å². The molecule has 6 rings (SSSR count). The van der Waals surface area contributed by atoms with Crippen molar-refractivity contribution >= 4 is 23.4 Å². The summed E-state index contributed by atoms with van der Waals surface area (Å²) in [6, 6.07) is 2.30. The third kappa shape index (κ3) is 5.54. The summed E-state index contributed by atoms with van der Waals surface area (Å²) in [5.41, 5.74) is 2.82. The van der Waals surface area contributed by atoms with Crippen LogP contribution >= 0.6 is 0 Å². The van der Waals surface area contributed by atoms with Crippen LogP contribution in [-0.4, -0.2) is 117 Å². The highest BCUT2D eigenvalue weighted by atomic mass is 16.7. The first-order valence-electron chi connectivity index (χ1n) is 15.9. The second-order valence-corrected chi connectivity index (χ2v) is 12.7. The van der Waals surface area contributed by atoms with Crippen LogP contribution in [0.25, 0.3) is 11.1 Å². The molecule has 1 amide bonds. The van der Waals surface area contributed by atoms with Crippen molar-refractivity contribution in [3.63, 3.8) is 0 Å². The summed E-state index contributed by atoms with van der Waals surface area (Å²) in [5, 5.41) is 80.0. The highest BCUT2D eigenvalue weighted by molar-refractivity contribution is 6.31. The molecule has 10 N–H and O–H groups in total. The number of carbonyl (C=O) groups is 4. The highest BCUT2D eigenvalue weighted by Crippen LogP contribution is 2.57. The summed E-state index contributed by atoms with van der Waals surface area (Å²) in [4.78, 5) is 53.4. The van der Waals surface area contributed by atoms with Crippen molar-refractivity contribution in [2.45, 2.75) is 62.7 Å². The topological polar surface area (TPSA) is 285 Å². The Kier molecular flexibility index (Phi) is 9.47. The number of nitrogens with one attached hydrogen (secondary N) is 1. The molecular formula is C35H36N2O15. The van der Waals surface area contributed by atoms with Crippen molar-refractivity contribution in [3.8, 4) is 34.1 Å². The summed E-state index contributed by atoms with van der Waals surface area (Å²) < 4.78 is 21.5. The van der Waals surface area contributed by atoms with Crippen LogP contribution in [0.3, 0.4) is 0 Å². The Bertz CT molecular complexity index is 2030. The molecule has 1 heterocycles. The molecule has 2 aliphatic carbocycles. The zero-order valence-electron chi connectivity index (χ0n) is 28.1. The molecule has 0 saturated carbocycles. The van der Waals surface area contributed by atoms with Gasteiger partial charge in [0.25, 0.3) is 5.91 Å². The fourth-order valence-electron chi connectivity index (χ4n) is 6.96. The Hall–Kier alpha value is -5.14. The predicted octanol–water partition coefficient (Wildman–Crippen LogP) is -0.275. The normalized spacial score (nSPS) is 25.3. The fourth-order valence-corrected chi connectivity index (χ4v) is 6.96. The standard InChI is InChI=1S/C35H36N2O15/c1-10-5-16-22(28(43)19(10)33(47)37-11(2)34(48)50-4)21-14(27(42)32(16)52-35-31(46)30(45)24(36)18(9-38)51-35)8-15-23(29(21)44)26(41)13-6-12(49-3)7-17(39)20(13)25(15)40/h5-8,11,18,24,27,30-32,35,38-39,42-46H,9,36H2,1-4H3,(H,37,47)/t11-,18-,24+,27+,30+,31-,32+,35+/m1/s1. The maximum Gasteiger partial charge on any atom is 0.328 e. The molecule has 17 nitrogen and oxygen atoms in total. The zero-order chi connectivity index (χ0) is 38.1. The number of hydrogen-bond acceptors (Lipinski definition) is 16. The van der Waals surface area contributed by atoms with Crippen molar-refractivity contribution in [3.05, 3.63) is 68.8 Å². The second kappa shape index (κ2) is 13.4. The van der Waals surface area contributed by atoms with Crippen LogP contribution in [0.15, 0.2) is 24.3 Å². The molecule has 17 heteroatoms. The minimum Gasteiger partial charge on any atom is -0.507 e. The minimum atomic E-state index is -1.86. The maximum absolute atomic E-state index is 13.9. The van der Waals surface area contributed by atoms with Gasteiger partial charge in [-0.25, -0.2) is 4.79 Å². The number of nitrogens with two attached hydrogens (primary N) is 1. The first kappa shape index (κ1) is 36.6. The number of carbonyl (C=O) groups excluding carboxylic acids is 4. The molecule has 1 aliphatic heterocycles. The van der Waals surface area contributed by atoms with Gasteiger partial charge in [0.05, 0.1) is 43.6 Å². The average Bonchev–Trinajstić information content (AvgIpc) is 3.11. The van der Waals surface area contributed by atoms with Crippen molar-refractivity contribution < 1.29 is 73.9 Å². The molecule has 3 aromatic carbocycles. The lowest BCUT2D eigenvalue weighted by molar-refractivity contribution is -0.299. The Morgan fingerprint density at radius 3 is 2.17 bits per heavy atom. The average molecular weight is 725 g/mol. The summed E-state index contributed by atoms with van der Waals surface area (Å²) in [6.45, 7) is 2.07. The molecule has 0 unspecified atom stereocenters. The van der Waals surface area contributed by atoms with Crippen molar-refractivity contribution in [2.24, 2.45) is 5.73 Å². The van der Waals surface area contributed by atoms with E-state index in [2.05, 4.69) is 10.1 Å². The highest BCUT2D eigenvalue weighted by Gasteiger charge is 2.48. The van der Waals surface area contributed by atoms with E-state index in [1.807, 2.05) is 0 Å². The molecule has 1 saturated heterocycles. The molecule has 52 heavy (non-hydrogen) atoms. The number of phenols is 3. The van der Waals surface area contributed by atoms with Gasteiger partial charge in [0.2, 0.25) is 0 Å². The number of hydrogen-bond donors (Lipinski definition) is 9. The molecule has 1 fully saturated rings. The van der Waals surface area contributed by atoms with Crippen molar-refractivity contribution in [2.75, 3.05) is 20.8 Å². The van der Waals surface area contributed by atoms with Gasteiger partial charge in [0.1, 0.15) is 59.6 Å². The van der Waals surface area contributed by atoms with Gasteiger partial charge in [-0.15, -0.1) is 0 Å². The van der Waals surface area contributed by atoms with Crippen LogP contribution < -0.4 is 15.8 Å². The molecular weight excluding hydrogens is 688 g/mol. The van der Waals surface area contributed by atoms with Crippen LogP contribution in [0.5, 0.6) is 23.0 Å². The number of benzene rings is 3. The lowest BCUT2D eigenvalue weighted by Crippen LogP contribution is -2.62. The molecule has 0 bridgehead atoms. The third-order valence-electron chi connectivity index (χ3n) is 9.64. The molecule has 0 spiro atoms. The Morgan fingerprint density at radius 2 is 1.54 bits per heavy atom. The second-order valence-electron chi connectivity index (χ2n) is 12.7. The van der Waals surface area contributed by atoms with Crippen molar-refractivity contribution in [1.82, 2.24) is 5.32 Å². The van der Waals surface area contributed by atoms with Gasteiger partial charge in [-0.1, -0.05) is 6.07 Å². The van der Waals surface area contributed by atoms with Gasteiger partial charge < -0.3 is 65.7 Å². The number of esters is 1. The maximum atomic E-state index is 13.9. The molecule has 3 aliphatic rings. The SMILES string of the molecule is COC(=O)[C@@H](C)NC(=O)c1c(C)cc2c(c1O)-c1c(cc3c(c1O)C(=O)c1cc(OC)cc(O)c1C3=O)[C@H](O)[C@H]2O[C@@H]1O[C@H](CO)[C@H](N)[C@H](O)[C@H]1O. The number of methoxy groups -OCH3 is 2. The predicted molar refractivity (Wildman–Crippen MR) is 175 cm³/mol. The number of fused-ring (bicyclic) bond motifs is 5. The number of aryl methyl sites for hydroxylation is 1. The van der Waals surface area contributed by atoms with E-state index in [1.165, 1.54) is 33.1 Å². The van der Waals surface area contributed by atoms with E-state index < -0.39 is 113 Å². The lowest BCUT2D eigenvalue weighted by Gasteiger charge is -2.43. The van der Waals surface area contributed by atoms with E-state index in [0.29, 0.717) is 0 Å². The van der Waals surface area contributed by atoms with Crippen LogP contribution in [0, 0.1) is 6.92 Å². The van der Waals surface area contributed by atoms with Gasteiger partial charge in [-0.2, -0.15) is 0 Å². The molecule has 276 valence electrons. The number of aromatic hydroxyl groups is 3.